The molecule has 5 rings (SSSR count). The fraction of sp³-hybridized carbons (Fsp3) is 0.406. The van der Waals surface area contributed by atoms with Crippen molar-refractivity contribution >= 4 is 17.5 Å². The van der Waals surface area contributed by atoms with Crippen molar-refractivity contribution in [2.45, 2.75) is 65.9 Å². The minimum atomic E-state index is -0.986. The average molecular weight is 514 g/mol. The van der Waals surface area contributed by atoms with Crippen molar-refractivity contribution in [1.29, 1.82) is 0 Å². The lowest BCUT2D eigenvalue weighted by Gasteiger charge is -2.48. The summed E-state index contributed by atoms with van der Waals surface area (Å²) in [4.78, 5) is 41.5. The minimum Gasteiger partial charge on any atom is -0.489 e. The first-order chi connectivity index (χ1) is 18.0. The molecule has 0 aromatic heterocycles. The highest BCUT2D eigenvalue weighted by Crippen LogP contribution is 2.55. The number of Topliss-reactive ketones (excluding diaryl/α,β-unsaturated/α-hetero) is 2. The topological polar surface area (TPSA) is 83.9 Å². The summed E-state index contributed by atoms with van der Waals surface area (Å²) < 4.78 is 6.30. The van der Waals surface area contributed by atoms with E-state index in [4.69, 9.17) is 4.74 Å². The normalized spacial score (nSPS) is 20.8. The molecule has 38 heavy (non-hydrogen) atoms. The largest absolute Gasteiger partial charge is 0.489 e. The van der Waals surface area contributed by atoms with Gasteiger partial charge in [0.05, 0.1) is 0 Å². The molecule has 0 radical (unpaired) electrons. The van der Waals surface area contributed by atoms with Gasteiger partial charge in [0.2, 0.25) is 0 Å². The molecule has 0 unspecified atom stereocenters. The number of benzene rings is 2. The van der Waals surface area contributed by atoms with E-state index < -0.39 is 11.9 Å². The Kier molecular flexibility index (Phi) is 6.54. The Morgan fingerprint density at radius 2 is 1.37 bits per heavy atom. The van der Waals surface area contributed by atoms with Gasteiger partial charge in [-0.2, -0.15) is 0 Å². The lowest BCUT2D eigenvalue weighted by Crippen LogP contribution is -2.45. The molecule has 0 amide bonds. The Labute approximate surface area is 224 Å². The molecule has 0 bridgehead atoms. The van der Waals surface area contributed by atoms with Gasteiger partial charge >= 0.3 is 5.97 Å². The lowest BCUT2D eigenvalue weighted by molar-refractivity contribution is -0.138. The molecule has 1 heterocycles. The standard InChI is InChI=1S/C32H35NO5/c1-31(2)14-22-29(24(34)16-31)28(21-12-8-9-13-26(21)38-19-20-10-6-5-7-11-20)30-23(33(22)18-27(36)37)15-32(3,4)17-25(30)35/h5-13,28H,14-19H2,1-4H3,(H,36,37). The van der Waals surface area contributed by atoms with Crippen LogP contribution in [0.25, 0.3) is 0 Å². The van der Waals surface area contributed by atoms with Crippen LogP contribution in [0.2, 0.25) is 0 Å². The van der Waals surface area contributed by atoms with Gasteiger partial charge in [-0.3, -0.25) is 14.4 Å². The molecule has 0 spiro atoms. The number of nitrogens with zero attached hydrogens (tertiary/aromatic N) is 1. The van der Waals surface area contributed by atoms with E-state index in [0.717, 1.165) is 22.5 Å². The number of carboxylic acids is 1. The maximum absolute atomic E-state index is 13.9. The fourth-order valence-electron chi connectivity index (χ4n) is 6.27. The summed E-state index contributed by atoms with van der Waals surface area (Å²) in [5.74, 6) is -0.996. The monoisotopic (exact) mass is 513 g/mol. The number of rotatable bonds is 6. The average Bonchev–Trinajstić information content (AvgIpc) is 2.83. The molecule has 3 aliphatic rings. The third kappa shape index (κ3) is 4.92. The van der Waals surface area contributed by atoms with Gasteiger partial charge < -0.3 is 14.7 Å². The summed E-state index contributed by atoms with van der Waals surface area (Å²) in [6, 6.07) is 17.5. The molecule has 0 atom stereocenters. The number of hydrogen-bond donors (Lipinski definition) is 1. The number of allylic oxidation sites excluding steroid dienone is 4. The van der Waals surface area contributed by atoms with Crippen LogP contribution in [0.5, 0.6) is 5.75 Å². The first-order valence-electron chi connectivity index (χ1n) is 13.2. The smallest absolute Gasteiger partial charge is 0.323 e. The fourth-order valence-corrected chi connectivity index (χ4v) is 6.27. The molecule has 1 N–H and O–H groups in total. The third-order valence-corrected chi connectivity index (χ3v) is 7.78. The minimum absolute atomic E-state index is 0.0290. The van der Waals surface area contributed by atoms with Crippen LogP contribution in [0.3, 0.4) is 0 Å². The van der Waals surface area contributed by atoms with Crippen molar-refractivity contribution in [2.75, 3.05) is 6.54 Å². The predicted octanol–water partition coefficient (Wildman–Crippen LogP) is 6.04. The molecule has 0 saturated heterocycles. The first kappa shape index (κ1) is 26.0. The molecular weight excluding hydrogens is 478 g/mol. The second-order valence-electron chi connectivity index (χ2n) is 12.3. The van der Waals surface area contributed by atoms with E-state index in [2.05, 4.69) is 0 Å². The van der Waals surface area contributed by atoms with Crippen LogP contribution < -0.4 is 4.74 Å². The van der Waals surface area contributed by atoms with Gasteiger partial charge in [0.1, 0.15) is 18.9 Å². The van der Waals surface area contributed by atoms with Crippen LogP contribution in [-0.2, 0) is 21.0 Å². The van der Waals surface area contributed by atoms with Gasteiger partial charge in [0.25, 0.3) is 0 Å². The van der Waals surface area contributed by atoms with E-state index in [1.165, 1.54) is 0 Å². The van der Waals surface area contributed by atoms with Crippen LogP contribution in [0.1, 0.15) is 70.4 Å². The van der Waals surface area contributed by atoms with Crippen molar-refractivity contribution in [1.82, 2.24) is 4.90 Å². The summed E-state index contributed by atoms with van der Waals surface area (Å²) in [5.41, 5.74) is 3.74. The molecule has 0 saturated carbocycles. The number of carbonyl (C=O) groups excluding carboxylic acids is 2. The zero-order valence-corrected chi connectivity index (χ0v) is 22.5. The number of aliphatic carboxylic acids is 1. The Morgan fingerprint density at radius 1 is 0.842 bits per heavy atom. The number of ether oxygens (including phenoxy) is 1. The Balaban J connectivity index is 1.70. The maximum atomic E-state index is 13.9. The van der Waals surface area contributed by atoms with Crippen molar-refractivity contribution in [2.24, 2.45) is 10.8 Å². The van der Waals surface area contributed by atoms with Crippen LogP contribution in [0.15, 0.2) is 77.1 Å². The summed E-state index contributed by atoms with van der Waals surface area (Å²) >= 11 is 0. The van der Waals surface area contributed by atoms with Crippen LogP contribution in [0, 0.1) is 10.8 Å². The van der Waals surface area contributed by atoms with E-state index in [0.29, 0.717) is 49.2 Å². The molecule has 2 aromatic rings. The predicted molar refractivity (Wildman–Crippen MR) is 144 cm³/mol. The van der Waals surface area contributed by atoms with Crippen LogP contribution in [-0.4, -0.2) is 34.1 Å². The van der Waals surface area contributed by atoms with Gasteiger partial charge in [-0.25, -0.2) is 0 Å². The summed E-state index contributed by atoms with van der Waals surface area (Å²) in [7, 11) is 0. The van der Waals surface area contributed by atoms with Crippen LogP contribution in [0.4, 0.5) is 0 Å². The number of ketones is 2. The van der Waals surface area contributed by atoms with Crippen molar-refractivity contribution in [3.8, 4) is 5.75 Å². The molecular formula is C32H35NO5. The van der Waals surface area contributed by atoms with Crippen molar-refractivity contribution in [3.63, 3.8) is 0 Å². The van der Waals surface area contributed by atoms with Gasteiger partial charge in [-0.15, -0.1) is 0 Å². The molecule has 6 nitrogen and oxygen atoms in total. The summed E-state index contributed by atoms with van der Waals surface area (Å²) in [5, 5.41) is 9.87. The van der Waals surface area contributed by atoms with E-state index in [1.807, 2.05) is 82.3 Å². The second-order valence-corrected chi connectivity index (χ2v) is 12.3. The molecule has 2 aliphatic carbocycles. The van der Waals surface area contributed by atoms with E-state index >= 15 is 0 Å². The zero-order valence-electron chi connectivity index (χ0n) is 22.5. The molecule has 6 heteroatoms. The van der Waals surface area contributed by atoms with Crippen molar-refractivity contribution < 1.29 is 24.2 Å². The Hall–Kier alpha value is -3.67. The lowest BCUT2D eigenvalue weighted by atomic mass is 9.63. The van der Waals surface area contributed by atoms with Crippen molar-refractivity contribution in [3.05, 3.63) is 88.3 Å². The number of carboxylic acid groups (broad SMARTS) is 1. The SMILES string of the molecule is CC1(C)CC(=O)C2=C(C1)N(CC(=O)O)C1=C(C(=O)CC(C)(C)C1)C2c1ccccc1OCc1ccccc1. The highest BCUT2D eigenvalue weighted by atomic mass is 16.5. The van der Waals surface area contributed by atoms with E-state index in [9.17, 15) is 19.5 Å². The summed E-state index contributed by atoms with van der Waals surface area (Å²) in [6.07, 6.45) is 1.82. The summed E-state index contributed by atoms with van der Waals surface area (Å²) in [6.45, 7) is 8.25. The molecule has 2 aromatic carbocycles. The zero-order chi connectivity index (χ0) is 27.2. The number of carbonyl (C=O) groups is 3. The van der Waals surface area contributed by atoms with E-state index in [-0.39, 0.29) is 28.9 Å². The number of para-hydroxylation sites is 1. The van der Waals surface area contributed by atoms with Crippen LogP contribution >= 0.6 is 0 Å². The van der Waals surface area contributed by atoms with Gasteiger partial charge in [-0.05, 0) is 35.3 Å². The first-order valence-corrected chi connectivity index (χ1v) is 13.2. The van der Waals surface area contributed by atoms with Gasteiger partial charge in [0.15, 0.2) is 11.6 Å². The second kappa shape index (κ2) is 9.57. The molecule has 198 valence electrons. The van der Waals surface area contributed by atoms with Gasteiger partial charge in [0, 0.05) is 46.9 Å². The quantitative estimate of drug-likeness (QED) is 0.507. The molecule has 1 aliphatic heterocycles. The maximum Gasteiger partial charge on any atom is 0.323 e. The Morgan fingerprint density at radius 3 is 1.92 bits per heavy atom. The molecule has 0 fully saturated rings. The third-order valence-electron chi connectivity index (χ3n) is 7.78. The Bertz CT molecular complexity index is 1310. The van der Waals surface area contributed by atoms with E-state index in [1.54, 1.807) is 4.90 Å². The highest BCUT2D eigenvalue weighted by Gasteiger charge is 2.49. The number of hydrogen-bond acceptors (Lipinski definition) is 5. The van der Waals surface area contributed by atoms with Gasteiger partial charge in [-0.1, -0.05) is 76.2 Å². The highest BCUT2D eigenvalue weighted by molar-refractivity contribution is 6.07.